The van der Waals surface area contributed by atoms with Gasteiger partial charge in [0.1, 0.15) is 0 Å². The van der Waals surface area contributed by atoms with Gasteiger partial charge in [-0.3, -0.25) is 5.84 Å². The van der Waals surface area contributed by atoms with E-state index in [1.54, 1.807) is 19.1 Å². The maximum absolute atomic E-state index is 10.9. The van der Waals surface area contributed by atoms with E-state index in [0.717, 1.165) is 11.1 Å². The molecule has 0 atom stereocenters. The molecule has 1 aromatic rings. The standard InChI is InChI=1S/C13H16ClN3O2.C2H6/c1-7-5-10(4-3-9(7)6-8(2)14)11(15)12(17-16)13(18)19;1-2/h3-6,17H,15-16H2,1-2H3,(H,18,19);1-2H3/b8-6+,12-11-;. The van der Waals surface area contributed by atoms with Crippen molar-refractivity contribution in [3.05, 3.63) is 45.6 Å². The van der Waals surface area contributed by atoms with Gasteiger partial charge >= 0.3 is 5.97 Å². The van der Waals surface area contributed by atoms with Crippen LogP contribution >= 0.6 is 11.6 Å². The monoisotopic (exact) mass is 311 g/mol. The molecule has 21 heavy (non-hydrogen) atoms. The molecule has 0 aromatic heterocycles. The summed E-state index contributed by atoms with van der Waals surface area (Å²) >= 11 is 5.82. The van der Waals surface area contributed by atoms with E-state index in [4.69, 9.17) is 28.3 Å². The Bertz CT molecular complexity index is 562. The zero-order chi connectivity index (χ0) is 16.6. The number of carboxylic acid groups (broad SMARTS) is 1. The fourth-order valence-corrected chi connectivity index (χ4v) is 1.74. The summed E-state index contributed by atoms with van der Waals surface area (Å²) in [5, 5.41) is 9.60. The molecule has 0 spiro atoms. The molecule has 0 amide bonds. The molecule has 0 aliphatic carbocycles. The van der Waals surface area contributed by atoms with E-state index in [1.165, 1.54) is 0 Å². The van der Waals surface area contributed by atoms with Crippen LogP contribution in [-0.2, 0) is 4.79 Å². The largest absolute Gasteiger partial charge is 0.476 e. The Morgan fingerprint density at radius 1 is 1.38 bits per heavy atom. The summed E-state index contributed by atoms with van der Waals surface area (Å²) in [6, 6.07) is 5.31. The maximum atomic E-state index is 10.9. The van der Waals surface area contributed by atoms with Gasteiger partial charge in [-0.15, -0.1) is 0 Å². The number of allylic oxidation sites excluding steroid dienone is 1. The summed E-state index contributed by atoms with van der Waals surface area (Å²) in [5.41, 5.74) is 10.2. The van der Waals surface area contributed by atoms with Crippen molar-refractivity contribution in [2.45, 2.75) is 27.7 Å². The molecular weight excluding hydrogens is 290 g/mol. The number of carbonyl (C=O) groups is 1. The van der Waals surface area contributed by atoms with Crippen LogP contribution in [0.3, 0.4) is 0 Å². The van der Waals surface area contributed by atoms with E-state index in [-0.39, 0.29) is 11.4 Å². The fourth-order valence-electron chi connectivity index (χ4n) is 1.62. The molecule has 0 fully saturated rings. The van der Waals surface area contributed by atoms with Crippen molar-refractivity contribution in [2.24, 2.45) is 11.6 Å². The van der Waals surface area contributed by atoms with Crippen LogP contribution in [0, 0.1) is 6.92 Å². The minimum atomic E-state index is -1.21. The van der Waals surface area contributed by atoms with Gasteiger partial charge in [-0.1, -0.05) is 37.6 Å². The Balaban J connectivity index is 0.00000191. The number of benzene rings is 1. The van der Waals surface area contributed by atoms with Crippen LogP contribution in [-0.4, -0.2) is 11.1 Å². The highest BCUT2D eigenvalue weighted by Crippen LogP contribution is 2.20. The predicted molar refractivity (Wildman–Crippen MR) is 88.1 cm³/mol. The number of rotatable bonds is 4. The first-order valence-corrected chi connectivity index (χ1v) is 6.89. The number of nitrogens with one attached hydrogen (secondary N) is 1. The van der Waals surface area contributed by atoms with E-state index >= 15 is 0 Å². The third kappa shape index (κ3) is 5.49. The van der Waals surface area contributed by atoms with Crippen LogP contribution in [0.15, 0.2) is 28.9 Å². The van der Waals surface area contributed by atoms with Crippen molar-refractivity contribution in [2.75, 3.05) is 0 Å². The highest BCUT2D eigenvalue weighted by molar-refractivity contribution is 6.31. The average molecular weight is 312 g/mol. The van der Waals surface area contributed by atoms with Gasteiger partial charge < -0.3 is 16.3 Å². The highest BCUT2D eigenvalue weighted by atomic mass is 35.5. The molecule has 0 unspecified atom stereocenters. The highest BCUT2D eigenvalue weighted by Gasteiger charge is 2.12. The molecule has 116 valence electrons. The van der Waals surface area contributed by atoms with E-state index in [0.29, 0.717) is 10.6 Å². The molecule has 1 rings (SSSR count). The first-order chi connectivity index (χ1) is 9.86. The molecule has 0 saturated heterocycles. The van der Waals surface area contributed by atoms with Crippen LogP contribution in [0.5, 0.6) is 0 Å². The summed E-state index contributed by atoms with van der Waals surface area (Å²) < 4.78 is 0. The molecule has 5 nitrogen and oxygen atoms in total. The summed E-state index contributed by atoms with van der Waals surface area (Å²) in [7, 11) is 0. The number of aryl methyl sites for hydroxylation is 1. The molecule has 0 heterocycles. The zero-order valence-electron chi connectivity index (χ0n) is 12.7. The van der Waals surface area contributed by atoms with Gasteiger partial charge in [0.05, 0.1) is 5.70 Å². The number of hydrazine groups is 1. The van der Waals surface area contributed by atoms with Crippen LogP contribution < -0.4 is 17.0 Å². The van der Waals surface area contributed by atoms with Crippen molar-refractivity contribution < 1.29 is 9.90 Å². The molecule has 1 aromatic carbocycles. The van der Waals surface area contributed by atoms with Gasteiger partial charge in [0.2, 0.25) is 0 Å². The van der Waals surface area contributed by atoms with Gasteiger partial charge in [0.15, 0.2) is 5.70 Å². The van der Waals surface area contributed by atoms with E-state index < -0.39 is 5.97 Å². The topological polar surface area (TPSA) is 101 Å². The molecular formula is C15H22ClN3O2. The summed E-state index contributed by atoms with van der Waals surface area (Å²) in [6.45, 7) is 7.67. The first-order valence-electron chi connectivity index (χ1n) is 6.51. The van der Waals surface area contributed by atoms with Crippen molar-refractivity contribution in [1.29, 1.82) is 0 Å². The first kappa shape index (κ1) is 19.0. The molecule has 6 heteroatoms. The maximum Gasteiger partial charge on any atom is 0.355 e. The van der Waals surface area contributed by atoms with Crippen molar-refractivity contribution in [3.63, 3.8) is 0 Å². The van der Waals surface area contributed by atoms with Crippen LogP contribution in [0.4, 0.5) is 0 Å². The lowest BCUT2D eigenvalue weighted by Gasteiger charge is -2.10. The van der Waals surface area contributed by atoms with Gasteiger partial charge in [-0.25, -0.2) is 4.79 Å². The molecule has 0 saturated carbocycles. The third-order valence-corrected chi connectivity index (χ3v) is 2.67. The zero-order valence-corrected chi connectivity index (χ0v) is 13.5. The number of halogens is 1. The lowest BCUT2D eigenvalue weighted by atomic mass is 10.0. The average Bonchev–Trinajstić information content (AvgIpc) is 2.43. The molecule has 0 bridgehead atoms. The quantitative estimate of drug-likeness (QED) is 0.389. The van der Waals surface area contributed by atoms with Crippen LogP contribution in [0.1, 0.15) is 37.5 Å². The third-order valence-electron chi connectivity index (χ3n) is 2.56. The lowest BCUT2D eigenvalue weighted by Crippen LogP contribution is -2.29. The van der Waals surface area contributed by atoms with Gasteiger partial charge in [-0.2, -0.15) is 0 Å². The summed E-state index contributed by atoms with van der Waals surface area (Å²) in [6.07, 6.45) is 1.82. The minimum absolute atomic E-state index is 0.0798. The van der Waals surface area contributed by atoms with Gasteiger partial charge in [0.25, 0.3) is 0 Å². The Morgan fingerprint density at radius 3 is 2.33 bits per heavy atom. The van der Waals surface area contributed by atoms with Gasteiger partial charge in [-0.05, 0) is 37.1 Å². The van der Waals surface area contributed by atoms with Gasteiger partial charge in [0, 0.05) is 10.6 Å². The van der Waals surface area contributed by atoms with Crippen molar-refractivity contribution >= 4 is 29.3 Å². The number of nitrogens with two attached hydrogens (primary N) is 2. The number of hydrogen-bond acceptors (Lipinski definition) is 4. The Morgan fingerprint density at radius 2 is 1.95 bits per heavy atom. The van der Waals surface area contributed by atoms with Crippen LogP contribution in [0.2, 0.25) is 0 Å². The van der Waals surface area contributed by atoms with Crippen LogP contribution in [0.25, 0.3) is 11.8 Å². The smallest absolute Gasteiger partial charge is 0.355 e. The Labute approximate surface area is 130 Å². The summed E-state index contributed by atoms with van der Waals surface area (Å²) in [4.78, 5) is 10.9. The second kappa shape index (κ2) is 9.05. The second-order valence-corrected chi connectivity index (χ2v) is 4.64. The normalized spacial score (nSPS) is 12.0. The van der Waals surface area contributed by atoms with Crippen molar-refractivity contribution in [3.8, 4) is 0 Å². The molecule has 0 radical (unpaired) electrons. The second-order valence-electron chi connectivity index (χ2n) is 4.04. The minimum Gasteiger partial charge on any atom is -0.476 e. The number of hydrogen-bond donors (Lipinski definition) is 4. The SMILES string of the molecule is C/C(Cl)=C\c1ccc(/C(N)=C(/NN)C(=O)O)cc1C.CC. The van der Waals surface area contributed by atoms with E-state index in [2.05, 4.69) is 5.43 Å². The number of aliphatic carboxylic acids is 1. The van der Waals surface area contributed by atoms with E-state index in [9.17, 15) is 4.79 Å². The molecule has 6 N–H and O–H groups in total. The molecule has 0 aliphatic heterocycles. The number of carboxylic acids is 1. The Hall–Kier alpha value is -1.98. The lowest BCUT2D eigenvalue weighted by molar-refractivity contribution is -0.133. The fraction of sp³-hybridized carbons (Fsp3) is 0.267. The summed E-state index contributed by atoms with van der Waals surface area (Å²) in [5.74, 6) is 3.94. The Kier molecular flexibility index (Phi) is 8.19. The molecule has 0 aliphatic rings. The predicted octanol–water partition coefficient (Wildman–Crippen LogP) is 2.80. The van der Waals surface area contributed by atoms with Crippen molar-refractivity contribution in [1.82, 2.24) is 5.43 Å². The van der Waals surface area contributed by atoms with E-state index in [1.807, 2.05) is 32.9 Å².